The highest BCUT2D eigenvalue weighted by molar-refractivity contribution is 7.18. The van der Waals surface area contributed by atoms with E-state index < -0.39 is 0 Å². The SMILES string of the molecule is Cc1noc(C)c1C(=O)Nc1ccc(Cc2nc3ccccc3s2)cc1. The number of anilines is 1. The zero-order valence-electron chi connectivity index (χ0n) is 14.4. The number of fused-ring (bicyclic) bond motifs is 1. The number of aryl methyl sites for hydroxylation is 2. The van der Waals surface area contributed by atoms with Gasteiger partial charge in [-0.25, -0.2) is 4.98 Å². The number of carbonyl (C=O) groups excluding carboxylic acids is 1. The standard InChI is InChI=1S/C20H17N3O2S/c1-12-19(13(2)25-23-12)20(24)21-15-9-7-14(8-10-15)11-18-22-16-5-3-4-6-17(16)26-18/h3-10H,11H2,1-2H3,(H,21,24). The minimum Gasteiger partial charge on any atom is -0.361 e. The molecule has 4 aromatic rings. The molecule has 6 heteroatoms. The van der Waals surface area contributed by atoms with E-state index in [0.29, 0.717) is 17.0 Å². The maximum atomic E-state index is 12.4. The smallest absolute Gasteiger partial charge is 0.261 e. The van der Waals surface area contributed by atoms with E-state index in [1.807, 2.05) is 42.5 Å². The highest BCUT2D eigenvalue weighted by atomic mass is 32.1. The normalized spacial score (nSPS) is 11.0. The van der Waals surface area contributed by atoms with Crippen LogP contribution in [-0.2, 0) is 6.42 Å². The fraction of sp³-hybridized carbons (Fsp3) is 0.150. The largest absolute Gasteiger partial charge is 0.361 e. The number of nitrogens with zero attached hydrogens (tertiary/aromatic N) is 2. The molecule has 0 saturated carbocycles. The van der Waals surface area contributed by atoms with Gasteiger partial charge in [0.25, 0.3) is 5.91 Å². The molecule has 2 aromatic heterocycles. The van der Waals surface area contributed by atoms with Gasteiger partial charge in [0.1, 0.15) is 11.3 Å². The molecule has 5 nitrogen and oxygen atoms in total. The van der Waals surface area contributed by atoms with Crippen molar-refractivity contribution in [3.63, 3.8) is 0 Å². The molecule has 0 aliphatic rings. The van der Waals surface area contributed by atoms with Crippen molar-refractivity contribution in [1.82, 2.24) is 10.1 Å². The molecule has 130 valence electrons. The van der Waals surface area contributed by atoms with Crippen LogP contribution in [0, 0.1) is 13.8 Å². The minimum absolute atomic E-state index is 0.208. The van der Waals surface area contributed by atoms with Crippen molar-refractivity contribution in [1.29, 1.82) is 0 Å². The van der Waals surface area contributed by atoms with Crippen molar-refractivity contribution >= 4 is 33.1 Å². The van der Waals surface area contributed by atoms with Crippen molar-refractivity contribution in [3.8, 4) is 0 Å². The molecular formula is C20H17N3O2S. The quantitative estimate of drug-likeness (QED) is 0.568. The Bertz CT molecular complexity index is 1030. The van der Waals surface area contributed by atoms with Gasteiger partial charge < -0.3 is 9.84 Å². The van der Waals surface area contributed by atoms with E-state index in [1.54, 1.807) is 25.2 Å². The van der Waals surface area contributed by atoms with Gasteiger partial charge in [0.05, 0.1) is 20.9 Å². The van der Waals surface area contributed by atoms with Gasteiger partial charge in [0.15, 0.2) is 0 Å². The summed E-state index contributed by atoms with van der Waals surface area (Å²) in [6.45, 7) is 3.49. The van der Waals surface area contributed by atoms with Crippen molar-refractivity contribution in [2.24, 2.45) is 0 Å². The third kappa shape index (κ3) is 3.23. The number of hydrogen-bond acceptors (Lipinski definition) is 5. The maximum absolute atomic E-state index is 12.4. The van der Waals surface area contributed by atoms with Gasteiger partial charge in [-0.3, -0.25) is 4.79 Å². The van der Waals surface area contributed by atoms with Crippen molar-refractivity contribution < 1.29 is 9.32 Å². The van der Waals surface area contributed by atoms with Gasteiger partial charge in [0.2, 0.25) is 0 Å². The van der Waals surface area contributed by atoms with E-state index in [4.69, 9.17) is 4.52 Å². The predicted octanol–water partition coefficient (Wildman–Crippen LogP) is 4.74. The van der Waals surface area contributed by atoms with Crippen molar-refractivity contribution in [3.05, 3.63) is 76.1 Å². The lowest BCUT2D eigenvalue weighted by Crippen LogP contribution is -2.13. The third-order valence-electron chi connectivity index (χ3n) is 4.17. The second-order valence-corrected chi connectivity index (χ2v) is 7.22. The molecule has 0 fully saturated rings. The van der Waals surface area contributed by atoms with E-state index in [9.17, 15) is 4.79 Å². The first-order valence-electron chi connectivity index (χ1n) is 8.28. The molecule has 0 spiro atoms. The molecule has 26 heavy (non-hydrogen) atoms. The zero-order valence-corrected chi connectivity index (χ0v) is 15.3. The average molecular weight is 363 g/mol. The fourth-order valence-corrected chi connectivity index (χ4v) is 3.88. The van der Waals surface area contributed by atoms with Gasteiger partial charge in [-0.2, -0.15) is 0 Å². The third-order valence-corrected chi connectivity index (χ3v) is 5.20. The number of aromatic nitrogens is 2. The molecule has 0 atom stereocenters. The Morgan fingerprint density at radius 2 is 1.88 bits per heavy atom. The van der Waals surface area contributed by atoms with Crippen molar-refractivity contribution in [2.45, 2.75) is 20.3 Å². The molecule has 1 N–H and O–H groups in total. The highest BCUT2D eigenvalue weighted by Gasteiger charge is 2.17. The predicted molar refractivity (Wildman–Crippen MR) is 103 cm³/mol. The fourth-order valence-electron chi connectivity index (χ4n) is 2.88. The number of carbonyl (C=O) groups is 1. The summed E-state index contributed by atoms with van der Waals surface area (Å²) in [6.07, 6.45) is 0.775. The summed E-state index contributed by atoms with van der Waals surface area (Å²) in [5.41, 5.74) is 4.01. The molecule has 0 unspecified atom stereocenters. The van der Waals surface area contributed by atoms with Crippen molar-refractivity contribution in [2.75, 3.05) is 5.32 Å². The Kier molecular flexibility index (Phi) is 4.26. The Hall–Kier alpha value is -2.99. The summed E-state index contributed by atoms with van der Waals surface area (Å²) in [6, 6.07) is 16.0. The van der Waals surface area contributed by atoms with Gasteiger partial charge in [0, 0.05) is 12.1 Å². The highest BCUT2D eigenvalue weighted by Crippen LogP contribution is 2.24. The number of rotatable bonds is 4. The molecule has 4 rings (SSSR count). The summed E-state index contributed by atoms with van der Waals surface area (Å²) in [4.78, 5) is 17.0. The molecule has 0 saturated heterocycles. The van der Waals surface area contributed by atoms with Crippen LogP contribution < -0.4 is 5.32 Å². The van der Waals surface area contributed by atoms with E-state index in [-0.39, 0.29) is 5.91 Å². The second kappa shape index (κ2) is 6.72. The molecular weight excluding hydrogens is 346 g/mol. The molecule has 0 aliphatic carbocycles. The van der Waals surface area contributed by atoms with Crippen LogP contribution in [0.15, 0.2) is 53.1 Å². The summed E-state index contributed by atoms with van der Waals surface area (Å²) in [5.74, 6) is 0.313. The van der Waals surface area contributed by atoms with E-state index in [2.05, 4.69) is 21.5 Å². The Labute approximate surface area is 154 Å². The lowest BCUT2D eigenvalue weighted by Gasteiger charge is -2.06. The second-order valence-electron chi connectivity index (χ2n) is 6.10. The van der Waals surface area contributed by atoms with Crippen LogP contribution in [0.5, 0.6) is 0 Å². The molecule has 1 amide bonds. The monoisotopic (exact) mass is 363 g/mol. The van der Waals surface area contributed by atoms with Gasteiger partial charge in [-0.1, -0.05) is 29.4 Å². The first-order valence-corrected chi connectivity index (χ1v) is 9.09. The van der Waals surface area contributed by atoms with Crippen LogP contribution in [0.3, 0.4) is 0 Å². The lowest BCUT2D eigenvalue weighted by molar-refractivity contribution is 0.102. The average Bonchev–Trinajstić information content (AvgIpc) is 3.19. The molecule has 2 heterocycles. The Morgan fingerprint density at radius 1 is 1.12 bits per heavy atom. The van der Waals surface area contributed by atoms with E-state index >= 15 is 0 Å². The van der Waals surface area contributed by atoms with Crippen LogP contribution in [0.1, 0.15) is 32.4 Å². The number of hydrogen-bond donors (Lipinski definition) is 1. The zero-order chi connectivity index (χ0) is 18.1. The lowest BCUT2D eigenvalue weighted by atomic mass is 10.1. The van der Waals surface area contributed by atoms with Crippen LogP contribution in [0.25, 0.3) is 10.2 Å². The molecule has 0 bridgehead atoms. The summed E-state index contributed by atoms with van der Waals surface area (Å²) in [7, 11) is 0. The minimum atomic E-state index is -0.208. The number of amides is 1. The summed E-state index contributed by atoms with van der Waals surface area (Å²) < 4.78 is 6.25. The topological polar surface area (TPSA) is 68.0 Å². The van der Waals surface area contributed by atoms with Crippen LogP contribution in [0.4, 0.5) is 5.69 Å². The molecule has 0 aliphatic heterocycles. The number of thiazole rings is 1. The first kappa shape index (κ1) is 16.5. The Balaban J connectivity index is 1.47. The van der Waals surface area contributed by atoms with Gasteiger partial charge in [-0.15, -0.1) is 11.3 Å². The van der Waals surface area contributed by atoms with E-state index in [1.165, 1.54) is 4.70 Å². The van der Waals surface area contributed by atoms with Gasteiger partial charge in [-0.05, 0) is 43.7 Å². The molecule has 2 aromatic carbocycles. The van der Waals surface area contributed by atoms with Crippen LogP contribution in [0.2, 0.25) is 0 Å². The van der Waals surface area contributed by atoms with Gasteiger partial charge >= 0.3 is 0 Å². The number of benzene rings is 2. The van der Waals surface area contributed by atoms with Crippen LogP contribution in [-0.4, -0.2) is 16.0 Å². The molecule has 0 radical (unpaired) electrons. The van der Waals surface area contributed by atoms with Crippen LogP contribution >= 0.6 is 11.3 Å². The Morgan fingerprint density at radius 3 is 2.58 bits per heavy atom. The first-order chi connectivity index (χ1) is 12.6. The maximum Gasteiger partial charge on any atom is 0.261 e. The van der Waals surface area contributed by atoms with E-state index in [0.717, 1.165) is 28.2 Å². The number of para-hydroxylation sites is 1. The summed E-state index contributed by atoms with van der Waals surface area (Å²) in [5, 5.41) is 7.78. The summed E-state index contributed by atoms with van der Waals surface area (Å²) >= 11 is 1.71. The number of nitrogens with one attached hydrogen (secondary N) is 1.